The number of hydrogen-bond donors (Lipinski definition) is 3. The van der Waals surface area contributed by atoms with Gasteiger partial charge in [-0.15, -0.1) is 0 Å². The normalized spacial score (nSPS) is 11.7. The van der Waals surface area contributed by atoms with Crippen LogP contribution in [0, 0.1) is 13.8 Å². The van der Waals surface area contributed by atoms with Gasteiger partial charge in [0.1, 0.15) is 10.6 Å². The highest BCUT2D eigenvalue weighted by molar-refractivity contribution is 7.89. The quantitative estimate of drug-likeness (QED) is 0.718. The molecule has 0 fully saturated rings. The molecule has 0 aliphatic carbocycles. The molecule has 0 saturated carbocycles. The predicted octanol–water partition coefficient (Wildman–Crippen LogP) is 0.505. The van der Waals surface area contributed by atoms with Gasteiger partial charge in [0, 0.05) is 30.2 Å². The number of nitrogens with one attached hydrogen (secondary N) is 2. The van der Waals surface area contributed by atoms with Crippen LogP contribution in [0.25, 0.3) is 0 Å². The van der Waals surface area contributed by atoms with Gasteiger partial charge in [-0.25, -0.2) is 17.9 Å². The second-order valence-corrected chi connectivity index (χ2v) is 6.25. The van der Waals surface area contributed by atoms with Gasteiger partial charge in [-0.05, 0) is 19.9 Å². The standard InChI is InChI=1S/C12H16N4O4S/c1-8-10(12(17)18)15-9(2)11(8)21(19,20)14-5-7-16-6-3-4-13-16/h3-4,6,14-15H,5,7H2,1-2H3,(H,17,18). The van der Waals surface area contributed by atoms with E-state index in [1.54, 1.807) is 23.1 Å². The number of aryl methyl sites for hydroxylation is 1. The third-order valence-corrected chi connectivity index (χ3v) is 4.78. The first-order valence-electron chi connectivity index (χ1n) is 6.22. The fourth-order valence-electron chi connectivity index (χ4n) is 2.15. The first-order chi connectivity index (χ1) is 9.83. The van der Waals surface area contributed by atoms with E-state index in [4.69, 9.17) is 5.11 Å². The summed E-state index contributed by atoms with van der Waals surface area (Å²) in [6, 6.07) is 1.74. The van der Waals surface area contributed by atoms with Crippen LogP contribution in [0.4, 0.5) is 0 Å². The number of nitrogens with zero attached hydrogens (tertiary/aromatic N) is 2. The number of carboxylic acid groups (broad SMARTS) is 1. The third-order valence-electron chi connectivity index (χ3n) is 3.04. The van der Waals surface area contributed by atoms with Crippen molar-refractivity contribution in [3.8, 4) is 0 Å². The summed E-state index contributed by atoms with van der Waals surface area (Å²) in [4.78, 5) is 13.6. The molecular weight excluding hydrogens is 296 g/mol. The summed E-state index contributed by atoms with van der Waals surface area (Å²) in [5.41, 5.74) is 0.392. The number of sulfonamides is 1. The summed E-state index contributed by atoms with van der Waals surface area (Å²) in [7, 11) is -3.77. The zero-order valence-electron chi connectivity index (χ0n) is 11.6. The van der Waals surface area contributed by atoms with Gasteiger partial charge in [-0.2, -0.15) is 5.10 Å². The van der Waals surface area contributed by atoms with E-state index in [0.717, 1.165) is 0 Å². The van der Waals surface area contributed by atoms with Gasteiger partial charge in [-0.3, -0.25) is 4.68 Å². The average molecular weight is 312 g/mol. The van der Waals surface area contributed by atoms with Gasteiger partial charge in [0.05, 0.1) is 6.54 Å². The topological polar surface area (TPSA) is 117 Å². The van der Waals surface area contributed by atoms with Crippen molar-refractivity contribution in [3.63, 3.8) is 0 Å². The Balaban J connectivity index is 2.18. The van der Waals surface area contributed by atoms with Crippen LogP contribution in [-0.2, 0) is 16.6 Å². The number of hydrogen-bond acceptors (Lipinski definition) is 4. The van der Waals surface area contributed by atoms with Crippen molar-refractivity contribution >= 4 is 16.0 Å². The van der Waals surface area contributed by atoms with Crippen LogP contribution in [0.5, 0.6) is 0 Å². The van der Waals surface area contributed by atoms with Crippen LogP contribution in [0.2, 0.25) is 0 Å². The molecule has 21 heavy (non-hydrogen) atoms. The van der Waals surface area contributed by atoms with E-state index in [1.165, 1.54) is 13.8 Å². The van der Waals surface area contributed by atoms with Crippen molar-refractivity contribution in [2.75, 3.05) is 6.54 Å². The number of aromatic nitrogens is 3. The number of carboxylic acids is 1. The fourth-order valence-corrected chi connectivity index (χ4v) is 3.61. The lowest BCUT2D eigenvalue weighted by atomic mass is 10.2. The maximum atomic E-state index is 12.3. The summed E-state index contributed by atoms with van der Waals surface area (Å²) < 4.78 is 28.6. The van der Waals surface area contributed by atoms with Crippen LogP contribution in [0.3, 0.4) is 0 Å². The van der Waals surface area contributed by atoms with Crippen LogP contribution in [0.1, 0.15) is 21.7 Å². The lowest BCUT2D eigenvalue weighted by Gasteiger charge is -2.07. The van der Waals surface area contributed by atoms with Crippen molar-refractivity contribution in [3.05, 3.63) is 35.4 Å². The molecule has 3 N–H and O–H groups in total. The first kappa shape index (κ1) is 15.3. The van der Waals surface area contributed by atoms with Gasteiger partial charge in [0.2, 0.25) is 10.0 Å². The first-order valence-corrected chi connectivity index (χ1v) is 7.71. The van der Waals surface area contributed by atoms with Gasteiger partial charge in [-0.1, -0.05) is 0 Å². The van der Waals surface area contributed by atoms with Crippen LogP contribution >= 0.6 is 0 Å². The number of rotatable bonds is 6. The summed E-state index contributed by atoms with van der Waals surface area (Å²) >= 11 is 0. The second kappa shape index (κ2) is 5.70. The lowest BCUT2D eigenvalue weighted by molar-refractivity contribution is 0.0690. The largest absolute Gasteiger partial charge is 0.477 e. The van der Waals surface area contributed by atoms with Crippen LogP contribution in [-0.4, -0.2) is 40.8 Å². The van der Waals surface area contributed by atoms with Gasteiger partial charge in [0.25, 0.3) is 0 Å². The van der Waals surface area contributed by atoms with Gasteiger partial charge < -0.3 is 10.1 Å². The summed E-state index contributed by atoms with van der Waals surface area (Å²) in [5.74, 6) is -1.19. The Morgan fingerprint density at radius 3 is 2.71 bits per heavy atom. The molecule has 0 unspecified atom stereocenters. The van der Waals surface area contributed by atoms with Crippen LogP contribution < -0.4 is 4.72 Å². The van der Waals surface area contributed by atoms with E-state index < -0.39 is 16.0 Å². The smallest absolute Gasteiger partial charge is 0.352 e. The summed E-state index contributed by atoms with van der Waals surface area (Å²) in [5, 5.41) is 13.0. The number of aromatic amines is 1. The zero-order chi connectivity index (χ0) is 15.6. The van der Waals surface area contributed by atoms with E-state index in [9.17, 15) is 13.2 Å². The Kier molecular flexibility index (Phi) is 4.14. The Morgan fingerprint density at radius 1 is 1.48 bits per heavy atom. The second-order valence-electron chi connectivity index (χ2n) is 4.55. The molecule has 0 atom stereocenters. The van der Waals surface area contributed by atoms with Crippen molar-refractivity contribution < 1.29 is 18.3 Å². The molecule has 8 nitrogen and oxygen atoms in total. The molecule has 0 spiro atoms. The molecule has 2 rings (SSSR count). The molecule has 0 aliphatic rings. The fraction of sp³-hybridized carbons (Fsp3) is 0.333. The number of carbonyl (C=O) groups is 1. The Bertz CT molecular complexity index is 747. The van der Waals surface area contributed by atoms with Crippen molar-refractivity contribution in [1.29, 1.82) is 0 Å². The average Bonchev–Trinajstić information content (AvgIpc) is 2.97. The predicted molar refractivity (Wildman–Crippen MR) is 74.6 cm³/mol. The molecule has 2 aromatic rings. The minimum absolute atomic E-state index is 0.0136. The Hall–Kier alpha value is -2.13. The number of aromatic carboxylic acids is 1. The highest BCUT2D eigenvalue weighted by Crippen LogP contribution is 2.22. The molecule has 9 heteroatoms. The summed E-state index contributed by atoms with van der Waals surface area (Å²) in [6.45, 7) is 3.55. The third kappa shape index (κ3) is 3.14. The van der Waals surface area contributed by atoms with Crippen molar-refractivity contribution in [2.45, 2.75) is 25.3 Å². The molecule has 0 bridgehead atoms. The molecule has 114 valence electrons. The summed E-state index contributed by atoms with van der Waals surface area (Å²) in [6.07, 6.45) is 3.33. The van der Waals surface area contributed by atoms with Gasteiger partial charge >= 0.3 is 5.97 Å². The monoisotopic (exact) mass is 312 g/mol. The van der Waals surface area contributed by atoms with Crippen LogP contribution in [0.15, 0.2) is 23.4 Å². The van der Waals surface area contributed by atoms with Gasteiger partial charge in [0.15, 0.2) is 0 Å². The number of H-pyrrole nitrogens is 1. The van der Waals surface area contributed by atoms with Crippen molar-refractivity contribution in [1.82, 2.24) is 19.5 Å². The van der Waals surface area contributed by atoms with E-state index in [1.807, 2.05) is 0 Å². The highest BCUT2D eigenvalue weighted by Gasteiger charge is 2.25. The SMILES string of the molecule is Cc1[nH]c(C(=O)O)c(C)c1S(=O)(=O)NCCn1cccn1. The lowest BCUT2D eigenvalue weighted by Crippen LogP contribution is -2.28. The highest BCUT2D eigenvalue weighted by atomic mass is 32.2. The molecule has 0 radical (unpaired) electrons. The zero-order valence-corrected chi connectivity index (χ0v) is 12.4. The van der Waals surface area contributed by atoms with E-state index in [-0.39, 0.29) is 22.7 Å². The molecule has 0 aromatic carbocycles. The molecule has 0 amide bonds. The van der Waals surface area contributed by atoms with E-state index >= 15 is 0 Å². The maximum absolute atomic E-state index is 12.3. The Labute approximate surface area is 121 Å². The molecule has 0 aliphatic heterocycles. The van der Waals surface area contributed by atoms with E-state index in [0.29, 0.717) is 12.2 Å². The Morgan fingerprint density at radius 2 is 2.19 bits per heavy atom. The van der Waals surface area contributed by atoms with E-state index in [2.05, 4.69) is 14.8 Å². The molecule has 2 heterocycles. The van der Waals surface area contributed by atoms with Crippen molar-refractivity contribution in [2.24, 2.45) is 0 Å². The molecular formula is C12H16N4O4S. The molecule has 0 saturated heterocycles. The maximum Gasteiger partial charge on any atom is 0.352 e. The minimum atomic E-state index is -3.77. The molecule has 2 aromatic heterocycles. The minimum Gasteiger partial charge on any atom is -0.477 e.